The average Bonchev–Trinajstić information content (AvgIpc) is 2.38. The summed E-state index contributed by atoms with van der Waals surface area (Å²) in [6.45, 7) is 10.0. The maximum atomic E-state index is 5.84. The zero-order valence-corrected chi connectivity index (χ0v) is 12.6. The van der Waals surface area contributed by atoms with Gasteiger partial charge in [-0.2, -0.15) is 0 Å². The molecule has 0 radical (unpaired) electrons. The van der Waals surface area contributed by atoms with Crippen molar-refractivity contribution in [2.24, 2.45) is 0 Å². The molecule has 1 unspecified atom stereocenters. The molecular formula is C14H25N3O2. The highest BCUT2D eigenvalue weighted by molar-refractivity contribution is 5.25. The van der Waals surface area contributed by atoms with Gasteiger partial charge in [0, 0.05) is 19.1 Å². The summed E-state index contributed by atoms with van der Waals surface area (Å²) in [6, 6.07) is 0. The molecule has 0 amide bonds. The zero-order chi connectivity index (χ0) is 14.3. The van der Waals surface area contributed by atoms with E-state index in [1.165, 1.54) is 0 Å². The maximum Gasteiger partial charge on any atom is 0.160 e. The fraction of sp³-hybridized carbons (Fsp3) is 0.714. The van der Waals surface area contributed by atoms with Gasteiger partial charge in [-0.05, 0) is 20.9 Å². The zero-order valence-electron chi connectivity index (χ0n) is 12.6. The summed E-state index contributed by atoms with van der Waals surface area (Å²) in [4.78, 5) is 8.91. The summed E-state index contributed by atoms with van der Waals surface area (Å²) in [5.74, 6) is 1.88. The quantitative estimate of drug-likeness (QED) is 0.782. The summed E-state index contributed by atoms with van der Waals surface area (Å²) in [6.07, 6.45) is 1.75. The van der Waals surface area contributed by atoms with Gasteiger partial charge in [-0.3, -0.25) is 0 Å². The predicted octanol–water partition coefficient (Wildman–Crippen LogP) is 2.12. The van der Waals surface area contributed by atoms with E-state index in [1.807, 2.05) is 20.9 Å². The van der Waals surface area contributed by atoms with E-state index in [2.05, 4.69) is 29.1 Å². The van der Waals surface area contributed by atoms with E-state index < -0.39 is 0 Å². The van der Waals surface area contributed by atoms with E-state index in [-0.39, 0.29) is 6.10 Å². The van der Waals surface area contributed by atoms with Crippen LogP contribution in [0.4, 0.5) is 0 Å². The summed E-state index contributed by atoms with van der Waals surface area (Å²) in [5, 5.41) is 3.11. The van der Waals surface area contributed by atoms with Gasteiger partial charge >= 0.3 is 0 Å². The Bertz CT molecular complexity index is 383. The van der Waals surface area contributed by atoms with Gasteiger partial charge in [-0.1, -0.05) is 13.8 Å². The monoisotopic (exact) mass is 267 g/mol. The number of hydrogen-bond donors (Lipinski definition) is 1. The number of aromatic nitrogens is 2. The summed E-state index contributed by atoms with van der Waals surface area (Å²) >= 11 is 0. The number of hydrogen-bond acceptors (Lipinski definition) is 5. The molecule has 0 aliphatic carbocycles. The number of rotatable bonds is 8. The van der Waals surface area contributed by atoms with Crippen molar-refractivity contribution in [2.45, 2.75) is 46.3 Å². The Morgan fingerprint density at radius 2 is 2.05 bits per heavy atom. The lowest BCUT2D eigenvalue weighted by Crippen LogP contribution is -2.21. The molecule has 5 nitrogen and oxygen atoms in total. The number of nitrogens with zero attached hydrogens (tertiary/aromatic N) is 2. The van der Waals surface area contributed by atoms with E-state index in [0.717, 1.165) is 17.3 Å². The molecule has 1 rings (SSSR count). The van der Waals surface area contributed by atoms with Gasteiger partial charge in [-0.25, -0.2) is 9.97 Å². The lowest BCUT2D eigenvalue weighted by Gasteiger charge is -2.17. The smallest absolute Gasteiger partial charge is 0.160 e. The molecule has 5 heteroatoms. The van der Waals surface area contributed by atoms with Crippen molar-refractivity contribution < 1.29 is 9.47 Å². The first-order valence-corrected chi connectivity index (χ1v) is 6.83. The first kappa shape index (κ1) is 15.9. The highest BCUT2D eigenvalue weighted by Crippen LogP contribution is 2.19. The van der Waals surface area contributed by atoms with Gasteiger partial charge in [0.2, 0.25) is 0 Å². The minimum absolute atomic E-state index is 0.0101. The predicted molar refractivity (Wildman–Crippen MR) is 75.5 cm³/mol. The van der Waals surface area contributed by atoms with E-state index >= 15 is 0 Å². The molecule has 108 valence electrons. The molecule has 0 saturated heterocycles. The summed E-state index contributed by atoms with van der Waals surface area (Å²) in [7, 11) is 1.89. The van der Waals surface area contributed by atoms with Crippen LogP contribution in [-0.4, -0.2) is 36.3 Å². The molecule has 1 atom stereocenters. The van der Waals surface area contributed by atoms with Crippen LogP contribution < -0.4 is 10.1 Å². The Hall–Kier alpha value is -1.20. The van der Waals surface area contributed by atoms with Crippen molar-refractivity contribution in [3.05, 3.63) is 17.7 Å². The van der Waals surface area contributed by atoms with Gasteiger partial charge in [0.25, 0.3) is 0 Å². The highest BCUT2D eigenvalue weighted by atomic mass is 16.5. The Kier molecular flexibility index (Phi) is 6.73. The van der Waals surface area contributed by atoms with E-state index in [0.29, 0.717) is 25.7 Å². The van der Waals surface area contributed by atoms with Crippen molar-refractivity contribution in [3.8, 4) is 5.75 Å². The lowest BCUT2D eigenvalue weighted by molar-refractivity contribution is 0.0646. The van der Waals surface area contributed by atoms with Gasteiger partial charge in [0.1, 0.15) is 11.9 Å². The Morgan fingerprint density at radius 3 is 2.63 bits per heavy atom. The molecule has 0 bridgehead atoms. The van der Waals surface area contributed by atoms with Crippen LogP contribution in [0.5, 0.6) is 5.75 Å². The molecule has 0 aliphatic rings. The van der Waals surface area contributed by atoms with Crippen LogP contribution in [0, 0.1) is 0 Å². The van der Waals surface area contributed by atoms with Crippen LogP contribution in [-0.2, 0) is 11.3 Å². The van der Waals surface area contributed by atoms with Gasteiger partial charge in [-0.15, -0.1) is 0 Å². The van der Waals surface area contributed by atoms with E-state index in [9.17, 15) is 0 Å². The van der Waals surface area contributed by atoms with Crippen LogP contribution in [0.25, 0.3) is 0 Å². The Morgan fingerprint density at radius 1 is 1.32 bits per heavy atom. The second-order valence-electron chi connectivity index (χ2n) is 4.81. The van der Waals surface area contributed by atoms with Gasteiger partial charge in [0.05, 0.1) is 18.5 Å². The molecule has 0 saturated carbocycles. The molecule has 1 aromatic heterocycles. The minimum atomic E-state index is -0.0101. The van der Waals surface area contributed by atoms with E-state index in [1.54, 1.807) is 6.20 Å². The average molecular weight is 267 g/mol. The van der Waals surface area contributed by atoms with Crippen LogP contribution in [0.3, 0.4) is 0 Å². The summed E-state index contributed by atoms with van der Waals surface area (Å²) in [5.41, 5.74) is 0.893. The molecule has 1 N–H and O–H groups in total. The highest BCUT2D eigenvalue weighted by Gasteiger charge is 2.13. The molecule has 0 aromatic carbocycles. The van der Waals surface area contributed by atoms with Crippen LogP contribution in [0.1, 0.15) is 45.1 Å². The second kappa shape index (κ2) is 8.07. The lowest BCUT2D eigenvalue weighted by atomic mass is 10.2. The number of ether oxygens (including phenoxy) is 2. The Balaban J connectivity index is 2.80. The molecule has 0 fully saturated rings. The molecule has 1 heterocycles. The van der Waals surface area contributed by atoms with Crippen LogP contribution >= 0.6 is 0 Å². The maximum absolute atomic E-state index is 5.84. The third kappa shape index (κ3) is 5.12. The molecular weight excluding hydrogens is 242 g/mol. The minimum Gasteiger partial charge on any atom is -0.485 e. The van der Waals surface area contributed by atoms with Crippen LogP contribution in [0.2, 0.25) is 0 Å². The second-order valence-corrected chi connectivity index (χ2v) is 4.81. The summed E-state index contributed by atoms with van der Waals surface area (Å²) < 4.78 is 11.2. The van der Waals surface area contributed by atoms with Crippen molar-refractivity contribution in [2.75, 3.05) is 20.3 Å². The SMILES string of the molecule is CCOCC(C)Oc1cnc(C(C)C)nc1CNC. The third-order valence-electron chi connectivity index (χ3n) is 2.59. The van der Waals surface area contributed by atoms with Crippen molar-refractivity contribution in [1.29, 1.82) is 0 Å². The third-order valence-corrected chi connectivity index (χ3v) is 2.59. The first-order chi connectivity index (χ1) is 9.08. The first-order valence-electron chi connectivity index (χ1n) is 6.83. The fourth-order valence-electron chi connectivity index (χ4n) is 1.63. The van der Waals surface area contributed by atoms with Crippen molar-refractivity contribution in [1.82, 2.24) is 15.3 Å². The van der Waals surface area contributed by atoms with Crippen LogP contribution in [0.15, 0.2) is 6.20 Å². The largest absolute Gasteiger partial charge is 0.485 e. The van der Waals surface area contributed by atoms with E-state index in [4.69, 9.17) is 9.47 Å². The molecule has 19 heavy (non-hydrogen) atoms. The van der Waals surface area contributed by atoms with Gasteiger partial charge in [0.15, 0.2) is 5.75 Å². The Labute approximate surface area is 115 Å². The number of nitrogens with one attached hydrogen (secondary N) is 1. The molecule has 0 aliphatic heterocycles. The standard InChI is InChI=1S/C14H25N3O2/c1-6-18-9-11(4)19-13-8-16-14(10(2)3)17-12(13)7-15-5/h8,10-11,15H,6-7,9H2,1-5H3. The molecule has 0 spiro atoms. The fourth-order valence-corrected chi connectivity index (χ4v) is 1.63. The normalized spacial score (nSPS) is 12.7. The van der Waals surface area contributed by atoms with Crippen molar-refractivity contribution in [3.63, 3.8) is 0 Å². The topological polar surface area (TPSA) is 56.3 Å². The van der Waals surface area contributed by atoms with Crippen molar-refractivity contribution >= 4 is 0 Å². The molecule has 1 aromatic rings. The van der Waals surface area contributed by atoms with Gasteiger partial charge < -0.3 is 14.8 Å².